The minimum atomic E-state index is -0.744. The summed E-state index contributed by atoms with van der Waals surface area (Å²) < 4.78 is 6.00. The van der Waals surface area contributed by atoms with Crippen molar-refractivity contribution in [3.8, 4) is 22.8 Å². The Kier molecular flexibility index (Phi) is 4.79. The molecule has 3 aromatic rings. The van der Waals surface area contributed by atoms with Crippen LogP contribution in [0.3, 0.4) is 0 Å². The number of phenolic OH excluding ortho intramolecular Hbond substituents is 2. The van der Waals surface area contributed by atoms with E-state index in [1.54, 1.807) is 24.3 Å². The predicted octanol–water partition coefficient (Wildman–Crippen LogP) is 3.30. The van der Waals surface area contributed by atoms with Gasteiger partial charge >= 0.3 is 0 Å². The van der Waals surface area contributed by atoms with E-state index in [0.717, 1.165) is 12.6 Å². The normalized spacial score (nSPS) is 20.5. The predicted molar refractivity (Wildman–Crippen MR) is 107 cm³/mol. The molecule has 146 valence electrons. The van der Waals surface area contributed by atoms with Crippen LogP contribution >= 0.6 is 11.6 Å². The summed E-state index contributed by atoms with van der Waals surface area (Å²) in [6.07, 6.45) is -0.169. The number of nitrogens with zero attached hydrogens (tertiary/aromatic N) is 1. The number of likely N-dealkylation sites (tertiary alicyclic amines) is 1. The van der Waals surface area contributed by atoms with Crippen molar-refractivity contribution in [1.82, 2.24) is 4.90 Å². The van der Waals surface area contributed by atoms with Crippen LogP contribution in [-0.4, -0.2) is 46.5 Å². The zero-order valence-electron chi connectivity index (χ0n) is 15.2. The minimum Gasteiger partial charge on any atom is -0.507 e. The zero-order valence-corrected chi connectivity index (χ0v) is 16.0. The van der Waals surface area contributed by atoms with Gasteiger partial charge in [0.05, 0.1) is 11.1 Å². The third-order valence-electron chi connectivity index (χ3n) is 5.29. The van der Waals surface area contributed by atoms with Gasteiger partial charge in [-0.3, -0.25) is 4.79 Å². The summed E-state index contributed by atoms with van der Waals surface area (Å²) in [6, 6.07) is 9.35. The Morgan fingerprint density at radius 1 is 1.18 bits per heavy atom. The molecule has 1 fully saturated rings. The van der Waals surface area contributed by atoms with Gasteiger partial charge in [0.25, 0.3) is 0 Å². The molecular weight excluding hydrogens is 382 g/mol. The van der Waals surface area contributed by atoms with Gasteiger partial charge < -0.3 is 24.6 Å². The average Bonchev–Trinajstić information content (AvgIpc) is 2.63. The summed E-state index contributed by atoms with van der Waals surface area (Å²) in [7, 11) is 1.91. The van der Waals surface area contributed by atoms with E-state index in [9.17, 15) is 20.1 Å². The molecule has 7 heteroatoms. The van der Waals surface area contributed by atoms with E-state index in [2.05, 4.69) is 0 Å². The topological polar surface area (TPSA) is 94.1 Å². The molecule has 0 aliphatic carbocycles. The van der Waals surface area contributed by atoms with Crippen molar-refractivity contribution >= 4 is 22.6 Å². The molecule has 0 bridgehead atoms. The lowest BCUT2D eigenvalue weighted by molar-refractivity contribution is 0.0630. The SMILES string of the molecule is CN1CC[C@H](c2c(O)cc(O)c3c(=O)cc(-c4ccccc4Cl)oc23)C(O)C1. The van der Waals surface area contributed by atoms with Crippen molar-refractivity contribution in [2.24, 2.45) is 0 Å². The highest BCUT2D eigenvalue weighted by Crippen LogP contribution is 2.42. The average molecular weight is 402 g/mol. The minimum absolute atomic E-state index is 0.0188. The largest absolute Gasteiger partial charge is 0.507 e. The smallest absolute Gasteiger partial charge is 0.197 e. The van der Waals surface area contributed by atoms with Crippen LogP contribution in [0.4, 0.5) is 0 Å². The van der Waals surface area contributed by atoms with E-state index >= 15 is 0 Å². The Morgan fingerprint density at radius 2 is 1.93 bits per heavy atom. The molecule has 28 heavy (non-hydrogen) atoms. The molecular formula is C21H20ClNO5. The molecule has 4 rings (SSSR count). The number of benzene rings is 2. The molecule has 0 spiro atoms. The summed E-state index contributed by atoms with van der Waals surface area (Å²) in [6.45, 7) is 1.15. The number of hydrogen-bond donors (Lipinski definition) is 3. The third kappa shape index (κ3) is 3.13. The van der Waals surface area contributed by atoms with Crippen molar-refractivity contribution in [3.63, 3.8) is 0 Å². The van der Waals surface area contributed by atoms with E-state index in [1.165, 1.54) is 6.07 Å². The second kappa shape index (κ2) is 7.13. The molecule has 1 aromatic heterocycles. The van der Waals surface area contributed by atoms with E-state index in [0.29, 0.717) is 29.1 Å². The second-order valence-corrected chi connectivity index (χ2v) is 7.62. The van der Waals surface area contributed by atoms with Crippen LogP contribution in [0.1, 0.15) is 17.9 Å². The number of halogens is 1. The number of aliphatic hydroxyl groups is 1. The van der Waals surface area contributed by atoms with Gasteiger partial charge in [-0.1, -0.05) is 23.7 Å². The molecule has 2 atom stereocenters. The number of hydrogen-bond acceptors (Lipinski definition) is 6. The van der Waals surface area contributed by atoms with Crippen molar-refractivity contribution in [2.45, 2.75) is 18.4 Å². The fourth-order valence-corrected chi connectivity index (χ4v) is 4.13. The molecule has 2 aromatic carbocycles. The Bertz CT molecular complexity index is 1110. The summed E-state index contributed by atoms with van der Waals surface area (Å²) in [5.74, 6) is -0.767. The number of aliphatic hydroxyl groups excluding tert-OH is 1. The van der Waals surface area contributed by atoms with Crippen LogP contribution in [-0.2, 0) is 0 Å². The summed E-state index contributed by atoms with van der Waals surface area (Å²) in [4.78, 5) is 14.8. The lowest BCUT2D eigenvalue weighted by Crippen LogP contribution is -2.40. The standard InChI is InChI=1S/C21H20ClNO5/c1-23-7-6-12(17(27)10-23)19-14(24)8-15(25)20-16(26)9-18(28-21(19)20)11-4-2-3-5-13(11)22/h2-5,8-9,12,17,24-25,27H,6-7,10H2,1H3/t12-,17?/m0/s1. The molecule has 3 N–H and O–H groups in total. The number of likely N-dealkylation sites (N-methyl/N-ethyl adjacent to an activating group) is 1. The van der Waals surface area contributed by atoms with Gasteiger partial charge in [-0.25, -0.2) is 0 Å². The molecule has 1 aliphatic heterocycles. The first kappa shape index (κ1) is 18.8. The lowest BCUT2D eigenvalue weighted by Gasteiger charge is -2.34. The number of fused-ring (bicyclic) bond motifs is 1. The first-order valence-electron chi connectivity index (χ1n) is 9.01. The Hall–Kier alpha value is -2.54. The first-order chi connectivity index (χ1) is 13.4. The van der Waals surface area contributed by atoms with Crippen LogP contribution in [0, 0.1) is 0 Å². The molecule has 0 saturated carbocycles. The van der Waals surface area contributed by atoms with Gasteiger partial charge in [0, 0.05) is 35.7 Å². The Labute approximate surface area is 166 Å². The Balaban J connectivity index is 2.00. The van der Waals surface area contributed by atoms with Crippen LogP contribution in [0.5, 0.6) is 11.5 Å². The maximum atomic E-state index is 12.8. The molecule has 1 saturated heterocycles. The maximum absolute atomic E-state index is 12.8. The van der Waals surface area contributed by atoms with Crippen molar-refractivity contribution in [3.05, 3.63) is 57.2 Å². The van der Waals surface area contributed by atoms with Crippen molar-refractivity contribution < 1.29 is 19.7 Å². The number of phenols is 2. The highest BCUT2D eigenvalue weighted by Gasteiger charge is 2.33. The number of rotatable bonds is 2. The fourth-order valence-electron chi connectivity index (χ4n) is 3.90. The molecule has 6 nitrogen and oxygen atoms in total. The van der Waals surface area contributed by atoms with Gasteiger partial charge in [0.1, 0.15) is 28.2 Å². The Morgan fingerprint density at radius 3 is 2.64 bits per heavy atom. The fraction of sp³-hybridized carbons (Fsp3) is 0.286. The van der Waals surface area contributed by atoms with Gasteiger partial charge in [0.2, 0.25) is 0 Å². The second-order valence-electron chi connectivity index (χ2n) is 7.21. The summed E-state index contributed by atoms with van der Waals surface area (Å²) in [5.41, 5.74) is 0.492. The van der Waals surface area contributed by atoms with Crippen molar-refractivity contribution in [2.75, 3.05) is 20.1 Å². The van der Waals surface area contributed by atoms with E-state index < -0.39 is 17.5 Å². The van der Waals surface area contributed by atoms with Crippen molar-refractivity contribution in [1.29, 1.82) is 0 Å². The molecule has 1 aliphatic rings. The van der Waals surface area contributed by atoms with Crippen LogP contribution in [0.25, 0.3) is 22.3 Å². The van der Waals surface area contributed by atoms with E-state index in [4.69, 9.17) is 16.0 Å². The van der Waals surface area contributed by atoms with Crippen LogP contribution in [0.15, 0.2) is 45.6 Å². The monoisotopic (exact) mass is 401 g/mol. The quantitative estimate of drug-likeness (QED) is 0.610. The first-order valence-corrected chi connectivity index (χ1v) is 9.38. The number of aromatic hydroxyl groups is 2. The van der Waals surface area contributed by atoms with E-state index in [1.807, 2.05) is 11.9 Å². The highest BCUT2D eigenvalue weighted by atomic mass is 35.5. The molecule has 2 heterocycles. The van der Waals surface area contributed by atoms with Gasteiger partial charge in [0.15, 0.2) is 5.43 Å². The number of β-amino-alcohol motifs (C(OH)–C–C–N with tert-alkyl or cyclic N) is 1. The van der Waals surface area contributed by atoms with Crippen LogP contribution < -0.4 is 5.43 Å². The number of piperidine rings is 1. The van der Waals surface area contributed by atoms with Gasteiger partial charge in [-0.2, -0.15) is 0 Å². The summed E-state index contributed by atoms with van der Waals surface area (Å²) >= 11 is 6.25. The van der Waals surface area contributed by atoms with E-state index in [-0.39, 0.29) is 28.2 Å². The zero-order chi connectivity index (χ0) is 20.0. The molecule has 1 unspecified atom stereocenters. The van der Waals surface area contributed by atoms with Gasteiger partial charge in [-0.05, 0) is 32.1 Å². The van der Waals surface area contributed by atoms with Crippen LogP contribution in [0.2, 0.25) is 5.02 Å². The molecule has 0 radical (unpaired) electrons. The van der Waals surface area contributed by atoms with Gasteiger partial charge in [-0.15, -0.1) is 0 Å². The summed E-state index contributed by atoms with van der Waals surface area (Å²) in [5, 5.41) is 31.8. The maximum Gasteiger partial charge on any atom is 0.197 e. The third-order valence-corrected chi connectivity index (χ3v) is 5.62. The highest BCUT2D eigenvalue weighted by molar-refractivity contribution is 6.33. The molecule has 0 amide bonds. The lowest BCUT2D eigenvalue weighted by atomic mass is 9.85.